The monoisotopic (exact) mass is 530 g/mol. The number of carbonyl (C=O) groups is 2. The van der Waals surface area contributed by atoms with E-state index in [1.54, 1.807) is 7.11 Å². The van der Waals surface area contributed by atoms with Gasteiger partial charge in [-0.2, -0.15) is 0 Å². The van der Waals surface area contributed by atoms with Gasteiger partial charge in [0.1, 0.15) is 12.4 Å². The normalized spacial score (nSPS) is 15.1. The number of methoxy groups -OCH3 is 1. The average Bonchev–Trinajstić information content (AvgIpc) is 3.30. The van der Waals surface area contributed by atoms with Crippen LogP contribution in [0.1, 0.15) is 79.9 Å². The van der Waals surface area contributed by atoms with Crippen LogP contribution in [0.15, 0.2) is 41.3 Å². The Morgan fingerprint density at radius 3 is 2.38 bits per heavy atom. The molecule has 1 unspecified atom stereocenters. The molecule has 4 N–H and O–H groups in total. The molecule has 8 nitrogen and oxygen atoms in total. The van der Waals surface area contributed by atoms with Gasteiger partial charge in [0.25, 0.3) is 0 Å². The summed E-state index contributed by atoms with van der Waals surface area (Å²) in [6.07, 6.45) is 3.50. The molecule has 0 heterocycles. The molecular formula is C28H38N2O6S. The van der Waals surface area contributed by atoms with Crippen molar-refractivity contribution in [3.63, 3.8) is 0 Å². The van der Waals surface area contributed by atoms with Gasteiger partial charge in [-0.3, -0.25) is 4.79 Å². The highest BCUT2D eigenvalue weighted by Gasteiger charge is 2.45. The van der Waals surface area contributed by atoms with Crippen molar-refractivity contribution < 1.29 is 27.5 Å². The van der Waals surface area contributed by atoms with Crippen molar-refractivity contribution in [3.8, 4) is 5.75 Å². The molecule has 3 rings (SSSR count). The van der Waals surface area contributed by atoms with Crippen molar-refractivity contribution in [1.29, 1.82) is 0 Å². The van der Waals surface area contributed by atoms with Gasteiger partial charge in [0.05, 0.1) is 12.0 Å². The maximum Gasteiger partial charge on any atom is 0.404 e. The molecule has 0 spiro atoms. The summed E-state index contributed by atoms with van der Waals surface area (Å²) in [6.45, 7) is 6.31. The number of Topliss-reactive ketones (excluding diaryl/α,β-unsaturated/α-hetero) is 1. The first-order valence-electron chi connectivity index (χ1n) is 12.6. The van der Waals surface area contributed by atoms with Crippen molar-refractivity contribution in [1.82, 2.24) is 0 Å². The van der Waals surface area contributed by atoms with Crippen LogP contribution in [0.25, 0.3) is 0 Å². The summed E-state index contributed by atoms with van der Waals surface area (Å²) in [4.78, 5) is 24.7. The largest absolute Gasteiger partial charge is 0.496 e. The fraction of sp³-hybridized carbons (Fsp3) is 0.500. The summed E-state index contributed by atoms with van der Waals surface area (Å²) in [5.74, 6) is 0.571. The molecule has 0 aromatic heterocycles. The zero-order valence-corrected chi connectivity index (χ0v) is 22.9. The Labute approximate surface area is 219 Å². The van der Waals surface area contributed by atoms with Crippen LogP contribution in [0.2, 0.25) is 0 Å². The van der Waals surface area contributed by atoms with Crippen LogP contribution in [0.4, 0.5) is 4.79 Å². The molecule has 37 heavy (non-hydrogen) atoms. The number of amides is 1. The third-order valence-corrected chi connectivity index (χ3v) is 8.56. The van der Waals surface area contributed by atoms with Gasteiger partial charge in [0, 0.05) is 23.0 Å². The maximum atomic E-state index is 13.1. The number of primary amides is 1. The summed E-state index contributed by atoms with van der Waals surface area (Å²) in [5, 5.41) is 5.44. The second kappa shape index (κ2) is 11.2. The highest BCUT2D eigenvalue weighted by molar-refractivity contribution is 7.89. The van der Waals surface area contributed by atoms with Crippen molar-refractivity contribution in [3.05, 3.63) is 58.7 Å². The number of ketones is 1. The molecule has 2 aromatic carbocycles. The van der Waals surface area contributed by atoms with E-state index in [0.29, 0.717) is 37.0 Å². The molecule has 202 valence electrons. The lowest BCUT2D eigenvalue weighted by atomic mass is 9.60. The second-order valence-corrected chi connectivity index (χ2v) is 12.3. The molecular weight excluding hydrogens is 492 g/mol. The van der Waals surface area contributed by atoms with E-state index in [-0.39, 0.29) is 29.1 Å². The van der Waals surface area contributed by atoms with E-state index in [9.17, 15) is 18.0 Å². The first-order valence-corrected chi connectivity index (χ1v) is 14.1. The number of fused-ring (bicyclic) bond motifs is 1. The Kier molecular flexibility index (Phi) is 8.70. The van der Waals surface area contributed by atoms with Gasteiger partial charge < -0.3 is 15.2 Å². The number of sulfonamides is 1. The summed E-state index contributed by atoms with van der Waals surface area (Å²) < 4.78 is 35.3. The quantitative estimate of drug-likeness (QED) is 0.320. The number of rotatable bonds is 11. The Balaban J connectivity index is 1.82. The van der Waals surface area contributed by atoms with Crippen molar-refractivity contribution in [2.45, 2.75) is 76.0 Å². The number of primary sulfonamides is 1. The zero-order valence-electron chi connectivity index (χ0n) is 22.1. The molecule has 9 heteroatoms. The molecule has 0 radical (unpaired) electrons. The van der Waals surface area contributed by atoms with E-state index in [1.165, 1.54) is 6.07 Å². The van der Waals surface area contributed by atoms with Crippen LogP contribution in [0.3, 0.4) is 0 Å². The van der Waals surface area contributed by atoms with Crippen LogP contribution in [-0.4, -0.2) is 34.0 Å². The SMILES string of the molecule is COc1ccccc1C(CCCCC(=O)c1cc2c(c(S(N)(=O)=O)c1)CCC2)(COC(N)=O)C(C)(C)C. The van der Waals surface area contributed by atoms with Crippen LogP contribution in [-0.2, 0) is 33.0 Å². The second-order valence-electron chi connectivity index (χ2n) is 10.8. The van der Waals surface area contributed by atoms with Crippen molar-refractivity contribution >= 4 is 21.9 Å². The van der Waals surface area contributed by atoms with Gasteiger partial charge in [-0.15, -0.1) is 0 Å². The number of nitrogens with two attached hydrogens (primary N) is 2. The van der Waals surface area contributed by atoms with Crippen LogP contribution < -0.4 is 15.6 Å². The molecule has 1 amide bonds. The topological polar surface area (TPSA) is 139 Å². The molecule has 2 aromatic rings. The van der Waals surface area contributed by atoms with Crippen molar-refractivity contribution in [2.75, 3.05) is 13.7 Å². The lowest BCUT2D eigenvalue weighted by Gasteiger charge is -2.45. The van der Waals surface area contributed by atoms with Crippen LogP contribution in [0.5, 0.6) is 5.75 Å². The summed E-state index contributed by atoms with van der Waals surface area (Å²) in [6, 6.07) is 10.9. The Hall–Kier alpha value is -2.91. The molecule has 1 aliphatic carbocycles. The molecule has 1 atom stereocenters. The molecule has 0 saturated carbocycles. The number of carbonyl (C=O) groups excluding carboxylic acids is 2. The molecule has 1 aliphatic rings. The lowest BCUT2D eigenvalue weighted by molar-refractivity contribution is 0.0570. The standard InChI is InChI=1S/C28H38N2O6S/c1-27(2,3)28(18-36-26(29)32,22-12-5-6-14-24(22)35-4)15-8-7-13-23(31)20-16-19-10-9-11-21(19)25(17-20)37(30,33)34/h5-6,12,14,16-17H,7-11,13,15,18H2,1-4H3,(H2,29,32)(H2,30,33,34). The summed E-state index contributed by atoms with van der Waals surface area (Å²) in [7, 11) is -2.31. The maximum absolute atomic E-state index is 13.1. The minimum atomic E-state index is -3.91. The highest BCUT2D eigenvalue weighted by atomic mass is 32.2. The number of aryl methyl sites for hydroxylation is 1. The third kappa shape index (κ3) is 6.33. The predicted molar refractivity (Wildman–Crippen MR) is 142 cm³/mol. The third-order valence-electron chi connectivity index (χ3n) is 7.58. The smallest absolute Gasteiger partial charge is 0.404 e. The summed E-state index contributed by atoms with van der Waals surface area (Å²) in [5.41, 5.74) is 7.30. The number of benzene rings is 2. The first-order chi connectivity index (χ1) is 17.3. The molecule has 0 bridgehead atoms. The predicted octanol–water partition coefficient (Wildman–Crippen LogP) is 4.65. The van der Waals surface area contributed by atoms with Gasteiger partial charge in [0.15, 0.2) is 5.78 Å². The first kappa shape index (κ1) is 28.7. The Morgan fingerprint density at radius 2 is 1.76 bits per heavy atom. The van der Waals surface area contributed by atoms with E-state index < -0.39 is 21.5 Å². The van der Waals surface area contributed by atoms with Crippen LogP contribution >= 0.6 is 0 Å². The average molecular weight is 531 g/mol. The number of hydrogen-bond acceptors (Lipinski definition) is 6. The van der Waals surface area contributed by atoms with Gasteiger partial charge >= 0.3 is 6.09 Å². The Bertz CT molecular complexity index is 1270. The number of unbranched alkanes of at least 4 members (excludes halogenated alkanes) is 1. The lowest BCUT2D eigenvalue weighted by Crippen LogP contribution is -2.45. The summed E-state index contributed by atoms with van der Waals surface area (Å²) >= 11 is 0. The minimum Gasteiger partial charge on any atom is -0.496 e. The van der Waals surface area contributed by atoms with Crippen molar-refractivity contribution in [2.24, 2.45) is 16.3 Å². The number of para-hydroxylation sites is 1. The van der Waals surface area contributed by atoms with Gasteiger partial charge in [-0.05, 0) is 66.8 Å². The fourth-order valence-corrected chi connectivity index (χ4v) is 6.32. The fourth-order valence-electron chi connectivity index (χ4n) is 5.45. The zero-order chi connectivity index (χ0) is 27.4. The molecule has 0 fully saturated rings. The minimum absolute atomic E-state index is 0.0670. The number of hydrogen-bond donors (Lipinski definition) is 2. The molecule has 0 aliphatic heterocycles. The van der Waals surface area contributed by atoms with Gasteiger partial charge in [0.2, 0.25) is 10.0 Å². The van der Waals surface area contributed by atoms with Crippen LogP contribution in [0, 0.1) is 5.41 Å². The number of ether oxygens (including phenoxy) is 2. The van der Waals surface area contributed by atoms with E-state index in [1.807, 2.05) is 30.3 Å². The van der Waals surface area contributed by atoms with E-state index in [4.69, 9.17) is 20.3 Å². The van der Waals surface area contributed by atoms with Gasteiger partial charge in [-0.25, -0.2) is 18.4 Å². The van der Waals surface area contributed by atoms with E-state index >= 15 is 0 Å². The Morgan fingerprint density at radius 1 is 1.05 bits per heavy atom. The van der Waals surface area contributed by atoms with E-state index in [2.05, 4.69) is 20.8 Å². The van der Waals surface area contributed by atoms with Gasteiger partial charge in [-0.1, -0.05) is 45.4 Å². The van der Waals surface area contributed by atoms with E-state index in [0.717, 1.165) is 29.5 Å². The highest BCUT2D eigenvalue weighted by Crippen LogP contribution is 2.49. The molecule has 0 saturated heterocycles.